The molecule has 3 rings (SSSR count). The Kier molecular flexibility index (Phi) is 5.99. The molecule has 0 spiro atoms. The molecule has 0 fully saturated rings. The third-order valence-electron chi connectivity index (χ3n) is 4.11. The van der Waals surface area contributed by atoms with Crippen LogP contribution in [-0.4, -0.2) is 17.0 Å². The van der Waals surface area contributed by atoms with Gasteiger partial charge in [-0.15, -0.1) is 0 Å². The molecule has 6 heteroatoms. The smallest absolute Gasteiger partial charge is 0.417 e. The van der Waals surface area contributed by atoms with E-state index in [-0.39, 0.29) is 18.7 Å². The molecule has 28 heavy (non-hydrogen) atoms. The number of carbonyl (C=O) groups is 1. The van der Waals surface area contributed by atoms with Gasteiger partial charge in [-0.1, -0.05) is 60.7 Å². The maximum absolute atomic E-state index is 13.6. The van der Waals surface area contributed by atoms with E-state index < -0.39 is 17.7 Å². The number of rotatable bonds is 6. The number of benzene rings is 2. The highest BCUT2D eigenvalue weighted by Crippen LogP contribution is 2.34. The summed E-state index contributed by atoms with van der Waals surface area (Å²) in [4.78, 5) is 14.1. The minimum atomic E-state index is -4.65. The van der Waals surface area contributed by atoms with Gasteiger partial charge in [0.2, 0.25) is 5.91 Å². The number of furan rings is 1. The standard InChI is InChI=1S/C22H18F3NO2/c23-22(24,25)20(18-10-5-2-6-11-18)14-21(27)26(16-19-12-7-13-28-19)15-17-8-3-1-4-9-17/h1-14H,15-16H2/b20-14+. The lowest BCUT2D eigenvalue weighted by molar-refractivity contribution is -0.127. The van der Waals surface area contributed by atoms with Crippen LogP contribution in [0, 0.1) is 0 Å². The first-order chi connectivity index (χ1) is 13.4. The number of amides is 1. The van der Waals surface area contributed by atoms with Gasteiger partial charge in [-0.2, -0.15) is 13.2 Å². The predicted octanol–water partition coefficient (Wildman–Crippen LogP) is 5.45. The summed E-state index contributed by atoms with van der Waals surface area (Å²) in [7, 11) is 0. The van der Waals surface area contributed by atoms with Crippen LogP contribution >= 0.6 is 0 Å². The minimum absolute atomic E-state index is 0.0546. The van der Waals surface area contributed by atoms with Crippen molar-refractivity contribution in [2.45, 2.75) is 19.3 Å². The summed E-state index contributed by atoms with van der Waals surface area (Å²) in [5.41, 5.74) is -0.222. The average Bonchev–Trinajstić information content (AvgIpc) is 3.19. The Bertz CT molecular complexity index is 917. The van der Waals surface area contributed by atoms with Gasteiger partial charge < -0.3 is 9.32 Å². The van der Waals surface area contributed by atoms with Crippen molar-refractivity contribution in [3.8, 4) is 0 Å². The third kappa shape index (κ3) is 5.13. The molecule has 0 saturated heterocycles. The summed E-state index contributed by atoms with van der Waals surface area (Å²) in [6.45, 7) is 0.230. The van der Waals surface area contributed by atoms with Crippen molar-refractivity contribution in [1.29, 1.82) is 0 Å². The Hall–Kier alpha value is -3.28. The molecule has 144 valence electrons. The average molecular weight is 385 g/mol. The molecule has 0 atom stereocenters. The Balaban J connectivity index is 1.93. The molecule has 1 amide bonds. The quantitative estimate of drug-likeness (QED) is 0.529. The Morgan fingerprint density at radius 2 is 1.54 bits per heavy atom. The summed E-state index contributed by atoms with van der Waals surface area (Å²) < 4.78 is 46.0. The van der Waals surface area contributed by atoms with Crippen molar-refractivity contribution < 1.29 is 22.4 Å². The van der Waals surface area contributed by atoms with Gasteiger partial charge in [0, 0.05) is 12.6 Å². The van der Waals surface area contributed by atoms with Gasteiger partial charge >= 0.3 is 6.18 Å². The maximum Gasteiger partial charge on any atom is 0.417 e. The second kappa shape index (κ2) is 8.61. The molecule has 0 aliphatic heterocycles. The van der Waals surface area contributed by atoms with Gasteiger partial charge in [-0.05, 0) is 23.3 Å². The number of hydrogen-bond donors (Lipinski definition) is 0. The van der Waals surface area contributed by atoms with E-state index in [4.69, 9.17) is 4.42 Å². The first kappa shape index (κ1) is 19.5. The first-order valence-corrected chi connectivity index (χ1v) is 8.63. The van der Waals surface area contributed by atoms with Crippen LogP contribution in [0.15, 0.2) is 89.6 Å². The molecule has 0 N–H and O–H groups in total. The number of hydrogen-bond acceptors (Lipinski definition) is 2. The number of halogens is 3. The van der Waals surface area contributed by atoms with E-state index in [1.807, 2.05) is 30.3 Å². The van der Waals surface area contributed by atoms with Crippen molar-refractivity contribution in [1.82, 2.24) is 4.90 Å². The Labute approximate surface area is 160 Å². The fourth-order valence-electron chi connectivity index (χ4n) is 2.77. The molecule has 2 aromatic carbocycles. The predicted molar refractivity (Wildman–Crippen MR) is 99.9 cm³/mol. The second-order valence-corrected chi connectivity index (χ2v) is 6.18. The third-order valence-corrected chi connectivity index (χ3v) is 4.11. The highest BCUT2D eigenvalue weighted by molar-refractivity contribution is 5.96. The number of alkyl halides is 3. The second-order valence-electron chi connectivity index (χ2n) is 6.18. The molecule has 0 unspecified atom stereocenters. The highest BCUT2D eigenvalue weighted by atomic mass is 19.4. The van der Waals surface area contributed by atoms with E-state index in [9.17, 15) is 18.0 Å². The van der Waals surface area contributed by atoms with E-state index in [0.717, 1.165) is 5.56 Å². The summed E-state index contributed by atoms with van der Waals surface area (Å²) >= 11 is 0. The van der Waals surface area contributed by atoms with Gasteiger partial charge in [-0.25, -0.2) is 0 Å². The van der Waals surface area contributed by atoms with Gasteiger partial charge in [0.05, 0.1) is 18.4 Å². The topological polar surface area (TPSA) is 33.5 Å². The zero-order valence-electron chi connectivity index (χ0n) is 14.9. The summed E-state index contributed by atoms with van der Waals surface area (Å²) in [5, 5.41) is 0. The normalized spacial score (nSPS) is 12.0. The van der Waals surface area contributed by atoms with Crippen LogP contribution in [0.5, 0.6) is 0 Å². The van der Waals surface area contributed by atoms with Gasteiger partial charge in [0.15, 0.2) is 0 Å². The fraction of sp³-hybridized carbons (Fsp3) is 0.136. The van der Waals surface area contributed by atoms with E-state index in [1.165, 1.54) is 35.4 Å². The molecular weight excluding hydrogens is 367 g/mol. The maximum atomic E-state index is 13.6. The van der Waals surface area contributed by atoms with Crippen LogP contribution in [0.3, 0.4) is 0 Å². The molecule has 0 saturated carbocycles. The number of carbonyl (C=O) groups excluding carboxylic acids is 1. The largest absolute Gasteiger partial charge is 0.467 e. The van der Waals surface area contributed by atoms with Crippen LogP contribution in [0.25, 0.3) is 5.57 Å². The lowest BCUT2D eigenvalue weighted by atomic mass is 10.0. The number of allylic oxidation sites excluding steroid dienone is 1. The lowest BCUT2D eigenvalue weighted by Gasteiger charge is -2.21. The SMILES string of the molecule is O=C(/C=C(\c1ccccc1)C(F)(F)F)N(Cc1ccccc1)Cc1ccco1. The van der Waals surface area contributed by atoms with Gasteiger partial charge in [-0.3, -0.25) is 4.79 Å². The molecular formula is C22H18F3NO2. The van der Waals surface area contributed by atoms with E-state index >= 15 is 0 Å². The van der Waals surface area contributed by atoms with E-state index in [0.29, 0.717) is 11.8 Å². The molecule has 0 radical (unpaired) electrons. The Morgan fingerprint density at radius 1 is 0.893 bits per heavy atom. The summed E-state index contributed by atoms with van der Waals surface area (Å²) in [5.74, 6) is -0.248. The molecule has 0 bridgehead atoms. The highest BCUT2D eigenvalue weighted by Gasteiger charge is 2.35. The van der Waals surface area contributed by atoms with Crippen LogP contribution < -0.4 is 0 Å². The van der Waals surface area contributed by atoms with Gasteiger partial charge in [0.25, 0.3) is 0 Å². The molecule has 1 aromatic heterocycles. The monoisotopic (exact) mass is 385 g/mol. The molecule has 3 nitrogen and oxygen atoms in total. The summed E-state index contributed by atoms with van der Waals surface area (Å²) in [6.07, 6.45) is -2.54. The summed E-state index contributed by atoms with van der Waals surface area (Å²) in [6, 6.07) is 19.7. The first-order valence-electron chi connectivity index (χ1n) is 8.63. The fourth-order valence-corrected chi connectivity index (χ4v) is 2.77. The molecule has 1 heterocycles. The van der Waals surface area contributed by atoms with Crippen LogP contribution in [0.2, 0.25) is 0 Å². The molecule has 0 aliphatic carbocycles. The zero-order chi connectivity index (χ0) is 20.0. The van der Waals surface area contributed by atoms with Crippen molar-refractivity contribution in [2.75, 3.05) is 0 Å². The molecule has 0 aliphatic rings. The van der Waals surface area contributed by atoms with Crippen LogP contribution in [-0.2, 0) is 17.9 Å². The molecule has 3 aromatic rings. The van der Waals surface area contributed by atoms with E-state index in [2.05, 4.69) is 0 Å². The van der Waals surface area contributed by atoms with Crippen LogP contribution in [0.1, 0.15) is 16.9 Å². The van der Waals surface area contributed by atoms with Gasteiger partial charge in [0.1, 0.15) is 5.76 Å². The van der Waals surface area contributed by atoms with Crippen molar-refractivity contribution >= 4 is 11.5 Å². The zero-order valence-corrected chi connectivity index (χ0v) is 14.9. The van der Waals surface area contributed by atoms with Crippen molar-refractivity contribution in [3.63, 3.8) is 0 Å². The van der Waals surface area contributed by atoms with Crippen molar-refractivity contribution in [2.24, 2.45) is 0 Å². The van der Waals surface area contributed by atoms with Crippen LogP contribution in [0.4, 0.5) is 13.2 Å². The Morgan fingerprint density at radius 3 is 2.11 bits per heavy atom. The lowest BCUT2D eigenvalue weighted by Crippen LogP contribution is -2.29. The number of nitrogens with zero attached hydrogens (tertiary/aromatic N) is 1. The van der Waals surface area contributed by atoms with Crippen molar-refractivity contribution in [3.05, 3.63) is 102 Å². The van der Waals surface area contributed by atoms with E-state index in [1.54, 1.807) is 18.2 Å². The minimum Gasteiger partial charge on any atom is -0.467 e.